The molecule has 0 radical (unpaired) electrons. The lowest BCUT2D eigenvalue weighted by Crippen LogP contribution is -2.51. The Morgan fingerprint density at radius 2 is 1.74 bits per heavy atom. The Balaban J connectivity index is 2.67. The molecule has 19 heavy (non-hydrogen) atoms. The highest BCUT2D eigenvalue weighted by molar-refractivity contribution is 6.24. The maximum Gasteiger partial charge on any atom is 0.242 e. The third-order valence-electron chi connectivity index (χ3n) is 3.47. The second kappa shape index (κ2) is 4.63. The van der Waals surface area contributed by atoms with Gasteiger partial charge in [-0.25, -0.2) is 0 Å². The second-order valence-electron chi connectivity index (χ2n) is 4.55. The van der Waals surface area contributed by atoms with E-state index in [1.807, 2.05) is 0 Å². The van der Waals surface area contributed by atoms with Crippen molar-refractivity contribution in [2.75, 3.05) is 11.9 Å². The number of rotatable bonds is 2. The molecular weight excluding hydrogens is 238 g/mol. The van der Waals surface area contributed by atoms with E-state index in [4.69, 9.17) is 12.8 Å². The quantitative estimate of drug-likeness (QED) is 0.594. The van der Waals surface area contributed by atoms with Crippen LogP contribution in [0.4, 0.5) is 5.69 Å². The topological polar surface area (TPSA) is 37.4 Å². The number of Topliss-reactive ketones (excluding diaryl/α,β-unsaturated/α-hetero) is 1. The van der Waals surface area contributed by atoms with Crippen molar-refractivity contribution in [2.24, 2.45) is 5.41 Å². The summed E-state index contributed by atoms with van der Waals surface area (Å²) in [6.45, 7) is 0. The number of carbonyl (C=O) groups is 2. The van der Waals surface area contributed by atoms with Crippen LogP contribution in [0.2, 0.25) is 0 Å². The zero-order chi connectivity index (χ0) is 14.0. The van der Waals surface area contributed by atoms with Crippen LogP contribution in [0.5, 0.6) is 0 Å². The number of benzene rings is 1. The third-order valence-corrected chi connectivity index (χ3v) is 3.47. The van der Waals surface area contributed by atoms with Crippen molar-refractivity contribution >= 4 is 17.4 Å². The number of hydrogen-bond donors (Lipinski definition) is 0. The minimum atomic E-state index is -1.31. The first-order valence-electron chi connectivity index (χ1n) is 5.87. The van der Waals surface area contributed by atoms with Gasteiger partial charge in [0.05, 0.1) is 5.69 Å². The van der Waals surface area contributed by atoms with Gasteiger partial charge < -0.3 is 4.90 Å². The SMILES string of the molecule is C#CCC1(CC#C)C(=O)c2ccccc2N(C)C1=O. The summed E-state index contributed by atoms with van der Waals surface area (Å²) in [5.74, 6) is 4.22. The molecule has 1 aliphatic heterocycles. The van der Waals surface area contributed by atoms with Crippen molar-refractivity contribution in [1.29, 1.82) is 0 Å². The van der Waals surface area contributed by atoms with Gasteiger partial charge in [0.1, 0.15) is 5.41 Å². The van der Waals surface area contributed by atoms with Crippen LogP contribution >= 0.6 is 0 Å². The Bertz CT molecular complexity index is 615. The van der Waals surface area contributed by atoms with E-state index in [0.29, 0.717) is 11.3 Å². The number of hydrogen-bond acceptors (Lipinski definition) is 2. The molecule has 1 heterocycles. The highest BCUT2D eigenvalue weighted by Gasteiger charge is 2.50. The van der Waals surface area contributed by atoms with E-state index in [0.717, 1.165) is 0 Å². The highest BCUT2D eigenvalue weighted by Crippen LogP contribution is 2.41. The number of para-hydroxylation sites is 1. The van der Waals surface area contributed by atoms with Gasteiger partial charge >= 0.3 is 0 Å². The molecule has 0 fully saturated rings. The average Bonchev–Trinajstić information content (AvgIpc) is 2.43. The first-order valence-corrected chi connectivity index (χ1v) is 5.87. The van der Waals surface area contributed by atoms with Gasteiger partial charge in [-0.1, -0.05) is 12.1 Å². The molecule has 1 aromatic carbocycles. The highest BCUT2D eigenvalue weighted by atomic mass is 16.2. The molecule has 0 unspecified atom stereocenters. The summed E-state index contributed by atoms with van der Waals surface area (Å²) in [6.07, 6.45) is 10.7. The van der Waals surface area contributed by atoms with Crippen LogP contribution in [-0.2, 0) is 4.79 Å². The fraction of sp³-hybridized carbons (Fsp3) is 0.250. The van der Waals surface area contributed by atoms with Crippen molar-refractivity contribution in [3.05, 3.63) is 29.8 Å². The predicted molar refractivity (Wildman–Crippen MR) is 73.5 cm³/mol. The molecule has 3 nitrogen and oxygen atoms in total. The van der Waals surface area contributed by atoms with E-state index in [9.17, 15) is 9.59 Å². The van der Waals surface area contributed by atoms with Gasteiger partial charge in [-0.05, 0) is 12.1 Å². The molecule has 1 aromatic rings. The molecule has 1 aliphatic rings. The van der Waals surface area contributed by atoms with Gasteiger partial charge in [0.25, 0.3) is 0 Å². The fourth-order valence-electron chi connectivity index (χ4n) is 2.47. The average molecular weight is 251 g/mol. The maximum atomic E-state index is 12.6. The van der Waals surface area contributed by atoms with E-state index in [1.165, 1.54) is 4.90 Å². The number of ketones is 1. The molecular formula is C16H13NO2. The van der Waals surface area contributed by atoms with E-state index >= 15 is 0 Å². The molecule has 0 atom stereocenters. The zero-order valence-corrected chi connectivity index (χ0v) is 10.6. The van der Waals surface area contributed by atoms with Crippen molar-refractivity contribution in [1.82, 2.24) is 0 Å². The molecule has 0 bridgehead atoms. The van der Waals surface area contributed by atoms with Crippen molar-refractivity contribution in [3.63, 3.8) is 0 Å². The first kappa shape index (κ1) is 12.9. The van der Waals surface area contributed by atoms with Crippen LogP contribution in [0.15, 0.2) is 24.3 Å². The molecule has 0 spiro atoms. The Kier molecular flexibility index (Phi) is 3.15. The molecule has 1 amide bonds. The normalized spacial score (nSPS) is 16.5. The number of carbonyl (C=O) groups excluding carboxylic acids is 2. The molecule has 2 rings (SSSR count). The van der Waals surface area contributed by atoms with Gasteiger partial charge in [-0.2, -0.15) is 0 Å². The van der Waals surface area contributed by atoms with Crippen molar-refractivity contribution < 1.29 is 9.59 Å². The molecule has 3 heteroatoms. The minimum Gasteiger partial charge on any atom is -0.314 e. The lowest BCUT2D eigenvalue weighted by molar-refractivity contribution is -0.125. The van der Waals surface area contributed by atoms with Crippen molar-refractivity contribution in [2.45, 2.75) is 12.8 Å². The number of anilines is 1. The second-order valence-corrected chi connectivity index (χ2v) is 4.55. The Hall–Kier alpha value is -2.52. The summed E-state index contributed by atoms with van der Waals surface area (Å²) in [5.41, 5.74) is -0.218. The van der Waals surface area contributed by atoms with E-state index in [1.54, 1.807) is 31.3 Å². The maximum absolute atomic E-state index is 12.6. The fourth-order valence-corrected chi connectivity index (χ4v) is 2.47. The van der Waals surface area contributed by atoms with Crippen LogP contribution in [-0.4, -0.2) is 18.7 Å². The molecule has 0 saturated carbocycles. The smallest absolute Gasteiger partial charge is 0.242 e. The van der Waals surface area contributed by atoms with Crippen LogP contribution in [0.1, 0.15) is 23.2 Å². The van der Waals surface area contributed by atoms with Crippen LogP contribution in [0, 0.1) is 30.1 Å². The van der Waals surface area contributed by atoms with Gasteiger partial charge in [-0.15, -0.1) is 24.7 Å². The van der Waals surface area contributed by atoms with Crippen molar-refractivity contribution in [3.8, 4) is 24.7 Å². The molecule has 94 valence electrons. The van der Waals surface area contributed by atoms with Gasteiger partial charge in [0.15, 0.2) is 5.78 Å². The first-order chi connectivity index (χ1) is 9.08. The van der Waals surface area contributed by atoms with E-state index in [2.05, 4.69) is 11.8 Å². The summed E-state index contributed by atoms with van der Waals surface area (Å²) in [4.78, 5) is 26.6. The summed E-state index contributed by atoms with van der Waals surface area (Å²) in [5, 5.41) is 0. The largest absolute Gasteiger partial charge is 0.314 e. The zero-order valence-electron chi connectivity index (χ0n) is 10.6. The number of amides is 1. The number of fused-ring (bicyclic) bond motifs is 1. The Labute approximate surface area is 112 Å². The van der Waals surface area contributed by atoms with Gasteiger partial charge in [0.2, 0.25) is 5.91 Å². The lowest BCUT2D eigenvalue weighted by Gasteiger charge is -2.37. The predicted octanol–water partition coefficient (Wildman–Crippen LogP) is 1.88. The van der Waals surface area contributed by atoms with Gasteiger partial charge in [-0.3, -0.25) is 9.59 Å². The number of nitrogens with zero attached hydrogens (tertiary/aromatic N) is 1. The monoisotopic (exact) mass is 251 g/mol. The van der Waals surface area contributed by atoms with Crippen LogP contribution in [0.3, 0.4) is 0 Å². The molecule has 0 aromatic heterocycles. The summed E-state index contributed by atoms with van der Waals surface area (Å²) < 4.78 is 0. The van der Waals surface area contributed by atoms with E-state index in [-0.39, 0.29) is 24.5 Å². The lowest BCUT2D eigenvalue weighted by atomic mass is 9.71. The van der Waals surface area contributed by atoms with Gasteiger partial charge in [0, 0.05) is 25.5 Å². The standard InChI is InChI=1S/C16H13NO2/c1-4-10-16(11-5-2)14(18)12-8-6-7-9-13(12)17(3)15(16)19/h1-2,6-9H,10-11H2,3H3. The summed E-state index contributed by atoms with van der Waals surface area (Å²) >= 11 is 0. The Morgan fingerprint density at radius 3 is 2.32 bits per heavy atom. The number of terminal acetylenes is 2. The summed E-state index contributed by atoms with van der Waals surface area (Å²) in [7, 11) is 1.63. The van der Waals surface area contributed by atoms with Crippen LogP contribution in [0.25, 0.3) is 0 Å². The van der Waals surface area contributed by atoms with Crippen LogP contribution < -0.4 is 4.90 Å². The molecule has 0 saturated heterocycles. The van der Waals surface area contributed by atoms with E-state index < -0.39 is 5.41 Å². The minimum absolute atomic E-state index is 0.0214. The summed E-state index contributed by atoms with van der Waals surface area (Å²) in [6, 6.07) is 6.98. The Morgan fingerprint density at radius 1 is 1.16 bits per heavy atom. The third kappa shape index (κ3) is 1.72. The molecule has 0 N–H and O–H groups in total. The molecule has 0 aliphatic carbocycles.